The highest BCUT2D eigenvalue weighted by atomic mass is 35.5. The first-order valence-electron chi connectivity index (χ1n) is 4.37. The smallest absolute Gasteiger partial charge is 0.331 e. The van der Waals surface area contributed by atoms with Crippen LogP contribution in [0.2, 0.25) is 0 Å². The molecule has 0 bridgehead atoms. The summed E-state index contributed by atoms with van der Waals surface area (Å²) >= 11 is 5.32. The average Bonchev–Trinajstić information content (AvgIpc) is 2.24. The second-order valence-corrected chi connectivity index (χ2v) is 3.45. The van der Waals surface area contributed by atoms with E-state index in [1.54, 1.807) is 0 Å². The third kappa shape index (κ3) is 3.77. The van der Waals surface area contributed by atoms with Crippen LogP contribution >= 0.6 is 11.6 Å². The summed E-state index contributed by atoms with van der Waals surface area (Å²) in [7, 11) is 0. The van der Waals surface area contributed by atoms with Crippen LogP contribution in [0.5, 0.6) is 0 Å². The molecular weight excluding hydrogens is 230 g/mol. The second kappa shape index (κ2) is 6.67. The first kappa shape index (κ1) is 14.2. The molecule has 5 nitrogen and oxygen atoms in total. The van der Waals surface area contributed by atoms with Gasteiger partial charge in [-0.3, -0.25) is 9.59 Å². The number of carbonyl (C=O) groups is 2. The molecular formula is C10H10ClN3O2. The molecule has 0 N–H and O–H groups in total. The highest BCUT2D eigenvalue weighted by molar-refractivity contribution is 6.31. The van der Waals surface area contributed by atoms with Crippen LogP contribution in [-0.2, 0) is 9.59 Å². The number of hydrogen-bond donors (Lipinski definition) is 0. The summed E-state index contributed by atoms with van der Waals surface area (Å²) in [6.45, 7) is 8.31. The minimum Gasteiger partial charge on any atom is -0.361 e. The monoisotopic (exact) mass is 239 g/mol. The summed E-state index contributed by atoms with van der Waals surface area (Å²) in [4.78, 5) is 28.4. The van der Waals surface area contributed by atoms with E-state index in [9.17, 15) is 9.59 Å². The van der Waals surface area contributed by atoms with Crippen LogP contribution in [0.3, 0.4) is 0 Å². The number of carbonyl (C=O) groups excluding carboxylic acids is 2. The van der Waals surface area contributed by atoms with Gasteiger partial charge >= 0.3 is 17.5 Å². The van der Waals surface area contributed by atoms with Crippen molar-refractivity contribution in [2.45, 2.75) is 25.3 Å². The van der Waals surface area contributed by atoms with Gasteiger partial charge in [-0.2, -0.15) is 4.79 Å². The largest absolute Gasteiger partial charge is 0.361 e. The Bertz CT molecular complexity index is 405. The molecule has 16 heavy (non-hydrogen) atoms. The van der Waals surface area contributed by atoms with Crippen molar-refractivity contribution >= 4 is 29.4 Å². The fraction of sp³-hybridized carbons (Fsp3) is 0.400. The van der Waals surface area contributed by atoms with Gasteiger partial charge < -0.3 is 10.4 Å². The molecule has 0 aliphatic carbocycles. The summed E-state index contributed by atoms with van der Waals surface area (Å²) in [5.74, 6) is -1.01. The molecule has 0 aliphatic rings. The van der Waals surface area contributed by atoms with E-state index in [-0.39, 0.29) is 18.6 Å². The van der Waals surface area contributed by atoms with Crippen molar-refractivity contribution in [3.05, 3.63) is 28.6 Å². The van der Waals surface area contributed by atoms with Gasteiger partial charge in [0.2, 0.25) is 0 Å². The zero-order chi connectivity index (χ0) is 12.6. The summed E-state index contributed by atoms with van der Waals surface area (Å²) in [6.07, 6.45) is 1.81. The maximum Gasteiger partial charge on any atom is 0.331 e. The van der Waals surface area contributed by atoms with E-state index in [1.165, 1.54) is 18.5 Å². The van der Waals surface area contributed by atoms with E-state index >= 15 is 0 Å². The second-order valence-electron chi connectivity index (χ2n) is 3.20. The van der Waals surface area contributed by atoms with Crippen LogP contribution in [0.4, 0.5) is 0 Å². The van der Waals surface area contributed by atoms with E-state index in [2.05, 4.69) is 9.63 Å². The predicted octanol–water partition coefficient (Wildman–Crippen LogP) is 1.64. The van der Waals surface area contributed by atoms with Gasteiger partial charge in [-0.15, -0.1) is 0 Å². The van der Waals surface area contributed by atoms with Gasteiger partial charge in [0, 0.05) is 5.54 Å². The maximum atomic E-state index is 11.6. The molecule has 0 heterocycles. The van der Waals surface area contributed by atoms with Gasteiger partial charge in [0.05, 0.1) is 12.8 Å². The van der Waals surface area contributed by atoms with Gasteiger partial charge in [0.1, 0.15) is 5.78 Å². The van der Waals surface area contributed by atoms with Crippen molar-refractivity contribution in [3.63, 3.8) is 0 Å². The Balaban J connectivity index is 5.27. The Kier molecular flexibility index (Phi) is 5.94. The van der Waals surface area contributed by atoms with Crippen molar-refractivity contribution in [2.75, 3.05) is 0 Å². The van der Waals surface area contributed by atoms with Gasteiger partial charge in [0.25, 0.3) is 0 Å². The molecule has 0 fully saturated rings. The number of ketones is 2. The SMILES string of the molecule is [C-]#[N+][C@](C/C=C/Cl)(CC(C)=O)C(=O)C=[N+]=[N-]. The fourth-order valence-electron chi connectivity index (χ4n) is 1.22. The van der Waals surface area contributed by atoms with Gasteiger partial charge in [-0.25, -0.2) is 6.57 Å². The molecule has 0 rings (SSSR count). The van der Waals surface area contributed by atoms with E-state index in [0.717, 1.165) is 0 Å². The summed E-state index contributed by atoms with van der Waals surface area (Å²) in [5.41, 5.74) is 7.89. The van der Waals surface area contributed by atoms with Crippen LogP contribution in [0.25, 0.3) is 10.4 Å². The molecule has 0 saturated heterocycles. The molecule has 0 aromatic rings. The minimum absolute atomic E-state index is 0.00440. The molecule has 6 heteroatoms. The van der Waals surface area contributed by atoms with E-state index < -0.39 is 11.3 Å². The van der Waals surface area contributed by atoms with Crippen molar-refractivity contribution < 1.29 is 14.4 Å². The molecule has 0 saturated carbocycles. The average molecular weight is 240 g/mol. The standard InChI is InChI=1S/C10H10ClN3O2/c1-8(15)6-10(13-2,4-3-5-11)9(16)7-14-12/h3,5,7H,4,6H2,1H3/b5-3+/t10-/m1/s1. The first-order valence-corrected chi connectivity index (χ1v) is 4.81. The predicted molar refractivity (Wildman–Crippen MR) is 58.9 cm³/mol. The number of Topliss-reactive ketones (excluding diaryl/α,β-unsaturated/α-hetero) is 2. The number of rotatable bonds is 6. The normalized spacial score (nSPS) is 13.6. The van der Waals surface area contributed by atoms with Crippen molar-refractivity contribution in [1.29, 1.82) is 0 Å². The topological polar surface area (TPSA) is 74.9 Å². The van der Waals surface area contributed by atoms with Crippen LogP contribution in [0.15, 0.2) is 11.6 Å². The lowest BCUT2D eigenvalue weighted by atomic mass is 9.86. The Hall–Kier alpha value is -1.76. The molecule has 0 aromatic heterocycles. The van der Waals surface area contributed by atoms with Gasteiger partial charge in [-0.05, 0) is 6.92 Å². The number of nitrogens with zero attached hydrogens (tertiary/aromatic N) is 3. The summed E-state index contributed by atoms with van der Waals surface area (Å²) in [6, 6.07) is 0. The third-order valence-corrected chi connectivity index (χ3v) is 2.11. The maximum absolute atomic E-state index is 11.6. The quantitative estimate of drug-likeness (QED) is 0.306. The van der Waals surface area contributed by atoms with Crippen molar-refractivity contribution in [2.24, 2.45) is 0 Å². The Labute approximate surface area is 98.1 Å². The van der Waals surface area contributed by atoms with E-state index in [4.69, 9.17) is 23.7 Å². The van der Waals surface area contributed by atoms with Crippen molar-refractivity contribution in [3.8, 4) is 0 Å². The zero-order valence-corrected chi connectivity index (χ0v) is 9.44. The minimum atomic E-state index is -1.55. The fourth-order valence-corrected chi connectivity index (χ4v) is 1.31. The lowest BCUT2D eigenvalue weighted by Gasteiger charge is -2.13. The molecule has 0 radical (unpaired) electrons. The Morgan fingerprint density at radius 3 is 2.56 bits per heavy atom. The summed E-state index contributed by atoms with van der Waals surface area (Å²) in [5, 5.41) is 0. The first-order chi connectivity index (χ1) is 7.52. The number of halogens is 1. The Morgan fingerprint density at radius 2 is 2.19 bits per heavy atom. The summed E-state index contributed by atoms with van der Waals surface area (Å²) < 4.78 is 0. The molecule has 0 spiro atoms. The molecule has 1 atom stereocenters. The molecule has 0 unspecified atom stereocenters. The highest BCUT2D eigenvalue weighted by Crippen LogP contribution is 2.23. The van der Waals surface area contributed by atoms with E-state index in [1.807, 2.05) is 0 Å². The van der Waals surface area contributed by atoms with Gasteiger partial charge in [-0.1, -0.05) is 17.7 Å². The zero-order valence-electron chi connectivity index (χ0n) is 8.68. The van der Waals surface area contributed by atoms with Crippen molar-refractivity contribution in [1.82, 2.24) is 0 Å². The van der Waals surface area contributed by atoms with E-state index in [0.29, 0.717) is 6.21 Å². The molecule has 0 aromatic carbocycles. The van der Waals surface area contributed by atoms with Crippen LogP contribution in [0, 0.1) is 6.57 Å². The van der Waals surface area contributed by atoms with Gasteiger partial charge in [0.15, 0.2) is 0 Å². The van der Waals surface area contributed by atoms with Crippen LogP contribution in [0.1, 0.15) is 19.8 Å². The van der Waals surface area contributed by atoms with Crippen LogP contribution in [-0.4, -0.2) is 28.1 Å². The molecule has 0 amide bonds. The molecule has 0 aliphatic heterocycles. The molecule has 84 valence electrons. The highest BCUT2D eigenvalue weighted by Gasteiger charge is 2.46. The lowest BCUT2D eigenvalue weighted by molar-refractivity contribution is -0.124. The lowest BCUT2D eigenvalue weighted by Crippen LogP contribution is -2.37. The van der Waals surface area contributed by atoms with Crippen LogP contribution < -0.4 is 0 Å². The third-order valence-electron chi connectivity index (χ3n) is 1.93. The Morgan fingerprint density at radius 1 is 1.56 bits per heavy atom. The number of hydrogen-bond acceptors (Lipinski definition) is 2.